The Bertz CT molecular complexity index is 1270. The number of nitrogens with zero attached hydrogens (tertiary/aromatic N) is 2. The molecule has 3 heteroatoms. The molecule has 0 radical (unpaired) electrons. The van der Waals surface area contributed by atoms with Crippen LogP contribution in [-0.2, 0) is 5.41 Å². The van der Waals surface area contributed by atoms with Crippen LogP contribution < -0.4 is 0 Å². The number of imidazole rings is 1. The van der Waals surface area contributed by atoms with Gasteiger partial charge >= 0.3 is 0 Å². The van der Waals surface area contributed by atoms with E-state index in [0.29, 0.717) is 0 Å². The van der Waals surface area contributed by atoms with Crippen molar-refractivity contribution in [1.29, 1.82) is 0 Å². The van der Waals surface area contributed by atoms with Crippen LogP contribution in [-0.4, -0.2) is 9.38 Å². The van der Waals surface area contributed by atoms with Gasteiger partial charge in [-0.1, -0.05) is 45.0 Å². The largest absolute Gasteiger partial charge is 0.283 e. The van der Waals surface area contributed by atoms with E-state index in [9.17, 15) is 0 Å². The minimum absolute atomic E-state index is 0.0704. The van der Waals surface area contributed by atoms with Gasteiger partial charge in [0, 0.05) is 10.9 Å². The molecule has 0 spiro atoms. The third-order valence-corrected chi connectivity index (χ3v) is 5.94. The summed E-state index contributed by atoms with van der Waals surface area (Å²) in [6.07, 6.45) is 1.97. The third-order valence-electron chi connectivity index (χ3n) is 5.03. The lowest BCUT2D eigenvalue weighted by atomic mass is 9.82. The Labute approximate surface area is 156 Å². The highest BCUT2D eigenvalue weighted by atomic mass is 32.1. The van der Waals surface area contributed by atoms with Gasteiger partial charge in [0.15, 0.2) is 0 Å². The van der Waals surface area contributed by atoms with E-state index in [2.05, 4.69) is 85.1 Å². The van der Waals surface area contributed by atoms with Crippen LogP contribution in [0.5, 0.6) is 0 Å². The molecule has 0 bridgehead atoms. The van der Waals surface area contributed by atoms with Gasteiger partial charge in [-0.3, -0.25) is 4.40 Å². The SMILES string of the molecule is CC(C)(C)c1cc(-c2ncc3ccc4ccsc4n23)cc2ccccc12. The van der Waals surface area contributed by atoms with Crippen molar-refractivity contribution in [3.05, 3.63) is 71.7 Å². The monoisotopic (exact) mass is 356 g/mol. The molecule has 0 unspecified atom stereocenters. The maximum Gasteiger partial charge on any atom is 0.145 e. The maximum atomic E-state index is 4.79. The zero-order valence-corrected chi connectivity index (χ0v) is 16.0. The fraction of sp³-hybridized carbons (Fsp3) is 0.174. The first-order valence-electron chi connectivity index (χ1n) is 8.90. The lowest BCUT2D eigenvalue weighted by molar-refractivity contribution is 0.596. The van der Waals surface area contributed by atoms with E-state index in [1.54, 1.807) is 11.3 Å². The standard InChI is InChI=1S/C23H20N2S/c1-23(2,3)20-13-17(12-16-6-4-5-7-19(16)20)21-24-14-18-9-8-15-10-11-26-22(15)25(18)21/h4-14H,1-3H3. The highest BCUT2D eigenvalue weighted by Crippen LogP contribution is 2.35. The summed E-state index contributed by atoms with van der Waals surface area (Å²) in [6, 6.07) is 19.7. The predicted molar refractivity (Wildman–Crippen MR) is 112 cm³/mol. The molecule has 3 aromatic heterocycles. The molecule has 5 rings (SSSR count). The first-order valence-corrected chi connectivity index (χ1v) is 9.78. The lowest BCUT2D eigenvalue weighted by Crippen LogP contribution is -2.12. The molecular formula is C23H20N2S. The number of hydrogen-bond acceptors (Lipinski definition) is 2. The van der Waals surface area contributed by atoms with Crippen LogP contribution in [0.25, 0.3) is 37.9 Å². The van der Waals surface area contributed by atoms with E-state index in [-0.39, 0.29) is 5.41 Å². The van der Waals surface area contributed by atoms with E-state index in [1.807, 2.05) is 6.20 Å². The van der Waals surface area contributed by atoms with E-state index in [4.69, 9.17) is 4.98 Å². The van der Waals surface area contributed by atoms with Gasteiger partial charge in [-0.2, -0.15) is 0 Å². The number of rotatable bonds is 1. The molecular weight excluding hydrogens is 336 g/mol. The van der Waals surface area contributed by atoms with Gasteiger partial charge in [0.1, 0.15) is 10.7 Å². The summed E-state index contributed by atoms with van der Waals surface area (Å²) in [4.78, 5) is 6.05. The van der Waals surface area contributed by atoms with E-state index < -0.39 is 0 Å². The summed E-state index contributed by atoms with van der Waals surface area (Å²) in [6.45, 7) is 6.83. The van der Waals surface area contributed by atoms with E-state index in [0.717, 1.165) is 11.3 Å². The first-order chi connectivity index (χ1) is 12.5. The summed E-state index contributed by atoms with van der Waals surface area (Å²) in [5.74, 6) is 1.02. The molecule has 0 aliphatic rings. The average molecular weight is 356 g/mol. The number of aromatic nitrogens is 2. The molecule has 0 atom stereocenters. The Morgan fingerprint density at radius 3 is 2.62 bits per heavy atom. The molecule has 128 valence electrons. The van der Waals surface area contributed by atoms with E-state index >= 15 is 0 Å². The molecule has 0 aliphatic carbocycles. The van der Waals surface area contributed by atoms with Gasteiger partial charge in [-0.05, 0) is 57.5 Å². The minimum atomic E-state index is 0.0704. The predicted octanol–water partition coefficient (Wildman–Crippen LogP) is 6.67. The quantitative estimate of drug-likeness (QED) is 0.328. The smallest absolute Gasteiger partial charge is 0.145 e. The van der Waals surface area contributed by atoms with Gasteiger partial charge in [-0.25, -0.2) is 4.98 Å². The Morgan fingerprint density at radius 2 is 1.77 bits per heavy atom. The number of pyridine rings is 1. The van der Waals surface area contributed by atoms with Crippen LogP contribution in [0.3, 0.4) is 0 Å². The Balaban J connectivity index is 1.88. The molecule has 2 nitrogen and oxygen atoms in total. The van der Waals surface area contributed by atoms with Crippen LogP contribution in [0.15, 0.2) is 66.2 Å². The topological polar surface area (TPSA) is 17.3 Å². The Hall–Kier alpha value is -2.65. The van der Waals surface area contributed by atoms with Crippen molar-refractivity contribution in [3.63, 3.8) is 0 Å². The fourth-order valence-electron chi connectivity index (χ4n) is 3.75. The molecule has 0 saturated carbocycles. The summed E-state index contributed by atoms with van der Waals surface area (Å²) < 4.78 is 2.29. The second-order valence-corrected chi connectivity index (χ2v) is 8.75. The van der Waals surface area contributed by atoms with Gasteiger partial charge in [0.25, 0.3) is 0 Å². The highest BCUT2D eigenvalue weighted by Gasteiger charge is 2.20. The van der Waals surface area contributed by atoms with Crippen molar-refractivity contribution in [3.8, 4) is 11.4 Å². The normalized spacial score (nSPS) is 12.4. The van der Waals surface area contributed by atoms with Gasteiger partial charge in [0.2, 0.25) is 0 Å². The van der Waals surface area contributed by atoms with Crippen molar-refractivity contribution >= 4 is 37.8 Å². The summed E-state index contributed by atoms with van der Waals surface area (Å²) in [5.41, 5.74) is 3.75. The van der Waals surface area contributed by atoms with Crippen molar-refractivity contribution in [2.75, 3.05) is 0 Å². The molecule has 3 heterocycles. The molecule has 0 saturated heterocycles. The summed E-state index contributed by atoms with van der Waals surface area (Å²) in [7, 11) is 0. The summed E-state index contributed by atoms with van der Waals surface area (Å²) in [5, 5.41) is 6.00. The van der Waals surface area contributed by atoms with Crippen molar-refractivity contribution in [1.82, 2.24) is 9.38 Å². The third kappa shape index (κ3) is 2.27. The van der Waals surface area contributed by atoms with Crippen LogP contribution in [0.2, 0.25) is 0 Å². The second-order valence-electron chi connectivity index (χ2n) is 7.85. The van der Waals surface area contributed by atoms with Gasteiger partial charge in [-0.15, -0.1) is 11.3 Å². The second kappa shape index (κ2) is 5.42. The molecule has 5 aromatic rings. The number of thiophene rings is 1. The van der Waals surface area contributed by atoms with Crippen molar-refractivity contribution in [2.24, 2.45) is 0 Å². The zero-order valence-electron chi connectivity index (χ0n) is 15.2. The number of benzene rings is 2. The molecule has 0 N–H and O–H groups in total. The zero-order chi connectivity index (χ0) is 17.9. The van der Waals surface area contributed by atoms with Crippen molar-refractivity contribution in [2.45, 2.75) is 26.2 Å². The highest BCUT2D eigenvalue weighted by molar-refractivity contribution is 7.16. The summed E-state index contributed by atoms with van der Waals surface area (Å²) >= 11 is 1.77. The van der Waals surface area contributed by atoms with Crippen LogP contribution in [0.1, 0.15) is 26.3 Å². The number of hydrogen-bond donors (Lipinski definition) is 0. The maximum absolute atomic E-state index is 4.79. The Morgan fingerprint density at radius 1 is 0.923 bits per heavy atom. The Kier molecular flexibility index (Phi) is 3.25. The van der Waals surface area contributed by atoms with Crippen molar-refractivity contribution < 1.29 is 0 Å². The fourth-order valence-corrected chi connectivity index (χ4v) is 4.67. The first kappa shape index (κ1) is 15.6. The van der Waals surface area contributed by atoms with Crippen LogP contribution in [0, 0.1) is 0 Å². The van der Waals surface area contributed by atoms with Crippen LogP contribution in [0.4, 0.5) is 0 Å². The minimum Gasteiger partial charge on any atom is -0.283 e. The average Bonchev–Trinajstić information content (AvgIpc) is 3.25. The lowest BCUT2D eigenvalue weighted by Gasteiger charge is -2.22. The molecule has 2 aromatic carbocycles. The molecule has 0 aliphatic heterocycles. The number of fused-ring (bicyclic) bond motifs is 4. The van der Waals surface area contributed by atoms with Gasteiger partial charge in [0.05, 0.1) is 11.7 Å². The van der Waals surface area contributed by atoms with Gasteiger partial charge < -0.3 is 0 Å². The molecule has 0 fully saturated rings. The molecule has 26 heavy (non-hydrogen) atoms. The van der Waals surface area contributed by atoms with E-state index in [1.165, 1.54) is 32.1 Å². The molecule has 0 amide bonds. The van der Waals surface area contributed by atoms with Crippen LogP contribution >= 0.6 is 11.3 Å².